The van der Waals surface area contributed by atoms with Crippen LogP contribution in [0.15, 0.2) is 34.9 Å². The van der Waals surface area contributed by atoms with Crippen molar-refractivity contribution in [1.82, 2.24) is 0 Å². The SMILES string of the molecule is CC(=O)[C@H]1CC[C@H]2C(/C=C\C3=C(C)C(O)(O)C(O)CC3)=CCC[C@]12C. The number of fused-ring (bicyclic) bond motifs is 1. The van der Waals surface area contributed by atoms with Crippen LogP contribution in [-0.4, -0.2) is 33.0 Å². The molecule has 0 amide bonds. The van der Waals surface area contributed by atoms with Gasteiger partial charge in [0.1, 0.15) is 11.9 Å². The van der Waals surface area contributed by atoms with Crippen molar-refractivity contribution in [3.05, 3.63) is 34.9 Å². The van der Waals surface area contributed by atoms with Crippen LogP contribution in [0.2, 0.25) is 0 Å². The first-order chi connectivity index (χ1) is 11.7. The van der Waals surface area contributed by atoms with Crippen LogP contribution in [0.25, 0.3) is 0 Å². The molecule has 0 aliphatic heterocycles. The summed E-state index contributed by atoms with van der Waals surface area (Å²) in [6.07, 6.45) is 10.2. The number of rotatable bonds is 3. The first-order valence-corrected chi connectivity index (χ1v) is 9.39. The molecule has 4 heteroatoms. The molecule has 4 nitrogen and oxygen atoms in total. The van der Waals surface area contributed by atoms with Crippen LogP contribution in [0.5, 0.6) is 0 Å². The Morgan fingerprint density at radius 1 is 1.24 bits per heavy atom. The fourth-order valence-corrected chi connectivity index (χ4v) is 5.25. The highest BCUT2D eigenvalue weighted by Crippen LogP contribution is 2.56. The second-order valence-corrected chi connectivity index (χ2v) is 8.31. The van der Waals surface area contributed by atoms with Gasteiger partial charge in [0.2, 0.25) is 5.79 Å². The number of Topliss-reactive ketones (excluding diaryl/α,β-unsaturated/α-hetero) is 1. The quantitative estimate of drug-likeness (QED) is 0.687. The monoisotopic (exact) mass is 346 g/mol. The Labute approximate surface area is 149 Å². The zero-order valence-corrected chi connectivity index (χ0v) is 15.5. The highest BCUT2D eigenvalue weighted by molar-refractivity contribution is 5.79. The van der Waals surface area contributed by atoms with Crippen molar-refractivity contribution in [2.75, 3.05) is 0 Å². The lowest BCUT2D eigenvalue weighted by molar-refractivity contribution is -0.202. The second-order valence-electron chi connectivity index (χ2n) is 8.31. The molecule has 0 radical (unpaired) electrons. The number of aliphatic hydroxyl groups excluding tert-OH is 1. The summed E-state index contributed by atoms with van der Waals surface area (Å²) in [5.74, 6) is -1.28. The minimum atomic E-state index is -2.14. The Hall–Kier alpha value is -1.23. The van der Waals surface area contributed by atoms with E-state index in [0.717, 1.165) is 31.3 Å². The van der Waals surface area contributed by atoms with E-state index in [-0.39, 0.29) is 11.3 Å². The standard InChI is InChI=1S/C21H30O4/c1-13-15(8-11-19(23)21(13,24)25)6-7-16-5-4-12-20(3)17(14(2)22)9-10-18(16)20/h5-7,17-19,23-25H,4,8-12H2,1-3H3/b7-6-/t17-,18+,19?,20-/m1/s1. The summed E-state index contributed by atoms with van der Waals surface area (Å²) < 4.78 is 0. The van der Waals surface area contributed by atoms with Crippen LogP contribution in [0.3, 0.4) is 0 Å². The molecule has 1 unspecified atom stereocenters. The molecule has 0 spiro atoms. The third-order valence-electron chi connectivity index (χ3n) is 6.95. The molecule has 3 N–H and O–H groups in total. The van der Waals surface area contributed by atoms with Gasteiger partial charge in [-0.3, -0.25) is 4.79 Å². The topological polar surface area (TPSA) is 77.8 Å². The lowest BCUT2D eigenvalue weighted by Crippen LogP contribution is -2.46. The van der Waals surface area contributed by atoms with E-state index in [9.17, 15) is 20.1 Å². The second kappa shape index (κ2) is 6.49. The molecule has 0 aromatic heterocycles. The highest BCUT2D eigenvalue weighted by Gasteiger charge is 2.50. The van der Waals surface area contributed by atoms with E-state index in [1.807, 2.05) is 6.08 Å². The Morgan fingerprint density at radius 3 is 2.64 bits per heavy atom. The molecule has 0 bridgehead atoms. The number of carbonyl (C=O) groups is 1. The maximum Gasteiger partial charge on any atom is 0.213 e. The summed E-state index contributed by atoms with van der Waals surface area (Å²) in [5.41, 5.74) is 2.62. The summed E-state index contributed by atoms with van der Waals surface area (Å²) in [4.78, 5) is 12.0. The minimum Gasteiger partial charge on any atom is -0.387 e. The molecule has 3 aliphatic carbocycles. The molecule has 0 saturated heterocycles. The van der Waals surface area contributed by atoms with Gasteiger partial charge in [-0.25, -0.2) is 0 Å². The Morgan fingerprint density at radius 2 is 1.96 bits per heavy atom. The summed E-state index contributed by atoms with van der Waals surface area (Å²) in [6, 6.07) is 0. The van der Waals surface area contributed by atoms with E-state index in [4.69, 9.17) is 0 Å². The van der Waals surface area contributed by atoms with Crippen LogP contribution >= 0.6 is 0 Å². The molecule has 3 rings (SSSR count). The first-order valence-electron chi connectivity index (χ1n) is 9.39. The molecule has 1 saturated carbocycles. The van der Waals surface area contributed by atoms with Gasteiger partial charge in [-0.15, -0.1) is 0 Å². The largest absolute Gasteiger partial charge is 0.387 e. The third-order valence-corrected chi connectivity index (χ3v) is 6.95. The Kier molecular flexibility index (Phi) is 4.82. The number of carbonyl (C=O) groups excluding carboxylic acids is 1. The van der Waals surface area contributed by atoms with E-state index in [1.165, 1.54) is 5.57 Å². The molecule has 0 heterocycles. The van der Waals surface area contributed by atoms with Gasteiger partial charge < -0.3 is 15.3 Å². The van der Waals surface area contributed by atoms with Crippen molar-refractivity contribution in [3.8, 4) is 0 Å². The van der Waals surface area contributed by atoms with Gasteiger partial charge in [0.05, 0.1) is 0 Å². The first kappa shape index (κ1) is 18.6. The Balaban J connectivity index is 1.84. The zero-order chi connectivity index (χ0) is 18.4. The van der Waals surface area contributed by atoms with Gasteiger partial charge in [-0.2, -0.15) is 0 Å². The molecule has 0 aromatic rings. The number of hydrogen-bond acceptors (Lipinski definition) is 4. The fourth-order valence-electron chi connectivity index (χ4n) is 5.25. The van der Waals surface area contributed by atoms with Crippen molar-refractivity contribution in [2.45, 2.75) is 71.2 Å². The van der Waals surface area contributed by atoms with Crippen molar-refractivity contribution >= 4 is 5.78 Å². The summed E-state index contributed by atoms with van der Waals surface area (Å²) in [6.45, 7) is 5.64. The van der Waals surface area contributed by atoms with Crippen molar-refractivity contribution < 1.29 is 20.1 Å². The molecule has 138 valence electrons. The maximum atomic E-state index is 12.0. The van der Waals surface area contributed by atoms with E-state index >= 15 is 0 Å². The van der Waals surface area contributed by atoms with Gasteiger partial charge in [-0.05, 0) is 80.4 Å². The van der Waals surface area contributed by atoms with E-state index in [0.29, 0.717) is 30.1 Å². The zero-order valence-electron chi connectivity index (χ0n) is 15.5. The molecule has 3 aliphatic rings. The normalized spacial score (nSPS) is 38.0. The smallest absolute Gasteiger partial charge is 0.213 e. The molecule has 4 atom stereocenters. The highest BCUT2D eigenvalue weighted by atomic mass is 16.5. The molecular formula is C21H30O4. The van der Waals surface area contributed by atoms with Crippen molar-refractivity contribution in [3.63, 3.8) is 0 Å². The molecule has 1 fully saturated rings. The summed E-state index contributed by atoms with van der Waals surface area (Å²) >= 11 is 0. The average Bonchev–Trinajstić information content (AvgIpc) is 2.90. The number of allylic oxidation sites excluding steroid dienone is 5. The Bertz CT molecular complexity index is 655. The van der Waals surface area contributed by atoms with Crippen LogP contribution in [0.4, 0.5) is 0 Å². The lowest BCUT2D eigenvalue weighted by Gasteiger charge is -2.39. The number of ketones is 1. The van der Waals surface area contributed by atoms with Gasteiger partial charge in [0.25, 0.3) is 0 Å². The van der Waals surface area contributed by atoms with Crippen LogP contribution in [-0.2, 0) is 4.79 Å². The van der Waals surface area contributed by atoms with Crippen molar-refractivity contribution in [1.29, 1.82) is 0 Å². The lowest BCUT2D eigenvalue weighted by atomic mass is 9.64. The van der Waals surface area contributed by atoms with Crippen LogP contribution in [0, 0.1) is 17.3 Å². The fraction of sp³-hybridized carbons (Fsp3) is 0.667. The van der Waals surface area contributed by atoms with Gasteiger partial charge >= 0.3 is 0 Å². The minimum absolute atomic E-state index is 0.0458. The maximum absolute atomic E-state index is 12.0. The molecular weight excluding hydrogens is 316 g/mol. The molecule has 25 heavy (non-hydrogen) atoms. The van der Waals surface area contributed by atoms with Gasteiger partial charge in [0, 0.05) is 5.92 Å². The average molecular weight is 346 g/mol. The van der Waals surface area contributed by atoms with E-state index in [2.05, 4.69) is 19.1 Å². The summed E-state index contributed by atoms with van der Waals surface area (Å²) in [7, 11) is 0. The van der Waals surface area contributed by atoms with Gasteiger partial charge in [-0.1, -0.05) is 25.2 Å². The predicted octanol–water partition coefficient (Wildman–Crippen LogP) is 3.04. The summed E-state index contributed by atoms with van der Waals surface area (Å²) in [5, 5.41) is 29.9. The number of hydrogen-bond donors (Lipinski definition) is 3. The number of aliphatic hydroxyl groups is 3. The van der Waals surface area contributed by atoms with E-state index < -0.39 is 11.9 Å². The predicted molar refractivity (Wildman–Crippen MR) is 96.6 cm³/mol. The van der Waals surface area contributed by atoms with E-state index in [1.54, 1.807) is 13.8 Å². The van der Waals surface area contributed by atoms with Crippen molar-refractivity contribution in [2.24, 2.45) is 17.3 Å². The van der Waals surface area contributed by atoms with Gasteiger partial charge in [0.15, 0.2) is 0 Å². The van der Waals surface area contributed by atoms with Crippen LogP contribution < -0.4 is 0 Å². The van der Waals surface area contributed by atoms with Crippen LogP contribution in [0.1, 0.15) is 59.3 Å². The third kappa shape index (κ3) is 3.05. The molecule has 0 aromatic carbocycles.